The van der Waals surface area contributed by atoms with Gasteiger partial charge in [0.15, 0.2) is 0 Å². The summed E-state index contributed by atoms with van der Waals surface area (Å²) >= 11 is 0. The number of anilines is 1. The summed E-state index contributed by atoms with van der Waals surface area (Å²) in [5, 5.41) is 0. The molecule has 1 aromatic rings. The molecule has 0 radical (unpaired) electrons. The van der Waals surface area contributed by atoms with E-state index in [1.807, 2.05) is 18.2 Å². The van der Waals surface area contributed by atoms with E-state index in [1.54, 1.807) is 19.1 Å². The van der Waals surface area contributed by atoms with E-state index in [0.29, 0.717) is 6.54 Å². The van der Waals surface area contributed by atoms with E-state index in [9.17, 15) is 9.59 Å². The highest BCUT2D eigenvalue weighted by atomic mass is 16.5. The maximum Gasteiger partial charge on any atom is 0.326 e. The van der Waals surface area contributed by atoms with Crippen molar-refractivity contribution in [1.82, 2.24) is 14.7 Å². The molecule has 1 rings (SSSR count). The predicted octanol–water partition coefficient (Wildman–Crippen LogP) is 2.93. The van der Waals surface area contributed by atoms with Crippen molar-refractivity contribution >= 4 is 17.6 Å². The van der Waals surface area contributed by atoms with Crippen LogP contribution in [0.3, 0.4) is 0 Å². The number of ether oxygens (including phenoxy) is 1. The lowest BCUT2D eigenvalue weighted by Gasteiger charge is -2.27. The van der Waals surface area contributed by atoms with Gasteiger partial charge in [-0.2, -0.15) is 0 Å². The molecule has 7 nitrogen and oxygen atoms in total. The Morgan fingerprint density at radius 1 is 1.03 bits per heavy atom. The van der Waals surface area contributed by atoms with Gasteiger partial charge in [-0.05, 0) is 51.6 Å². The van der Waals surface area contributed by atoms with E-state index >= 15 is 0 Å². The third-order valence-electron chi connectivity index (χ3n) is 4.96. The molecule has 0 bridgehead atoms. The summed E-state index contributed by atoms with van der Waals surface area (Å²) in [7, 11) is 7.00. The Morgan fingerprint density at radius 3 is 2.31 bits per heavy atom. The first-order valence-corrected chi connectivity index (χ1v) is 10.1. The Morgan fingerprint density at radius 2 is 1.69 bits per heavy atom. The summed E-state index contributed by atoms with van der Waals surface area (Å²) in [5.41, 5.74) is 1.12. The van der Waals surface area contributed by atoms with Gasteiger partial charge in [-0.15, -0.1) is 0 Å². The van der Waals surface area contributed by atoms with Crippen LogP contribution in [0.2, 0.25) is 0 Å². The van der Waals surface area contributed by atoms with Crippen molar-refractivity contribution in [1.29, 1.82) is 0 Å². The number of imide groups is 1. The number of unbranched alkanes of at least 4 members (excludes halogenated alkanes) is 1. The Balaban J connectivity index is 2.36. The molecular formula is C22H36N4O3. The monoisotopic (exact) mass is 404 g/mol. The summed E-state index contributed by atoms with van der Waals surface area (Å²) in [4.78, 5) is 30.9. The number of para-hydroxylation sites is 2. The van der Waals surface area contributed by atoms with Gasteiger partial charge in [0.1, 0.15) is 5.75 Å². The Hall–Kier alpha value is -2.54. The van der Waals surface area contributed by atoms with Gasteiger partial charge in [0.2, 0.25) is 0 Å². The molecule has 0 heterocycles. The number of urea groups is 1. The number of amides is 3. The number of rotatable bonds is 12. The molecule has 0 saturated carbocycles. The van der Waals surface area contributed by atoms with E-state index in [2.05, 4.69) is 36.4 Å². The second-order valence-corrected chi connectivity index (χ2v) is 7.07. The lowest BCUT2D eigenvalue weighted by molar-refractivity contribution is -0.122. The molecule has 0 unspecified atom stereocenters. The normalized spacial score (nSPS) is 10.6. The number of methoxy groups -OCH3 is 1. The van der Waals surface area contributed by atoms with Gasteiger partial charge in [0.05, 0.1) is 12.8 Å². The van der Waals surface area contributed by atoms with Crippen LogP contribution in [0.1, 0.15) is 19.8 Å². The Bertz CT molecular complexity index is 665. The quantitative estimate of drug-likeness (QED) is 0.396. The number of hydrogen-bond donors (Lipinski definition) is 0. The van der Waals surface area contributed by atoms with E-state index in [0.717, 1.165) is 61.4 Å². The van der Waals surface area contributed by atoms with Crippen LogP contribution in [0.5, 0.6) is 5.75 Å². The molecule has 0 aliphatic rings. The van der Waals surface area contributed by atoms with Crippen molar-refractivity contribution in [3.8, 4) is 5.75 Å². The van der Waals surface area contributed by atoms with Gasteiger partial charge in [0, 0.05) is 40.3 Å². The summed E-state index contributed by atoms with van der Waals surface area (Å²) in [5.74, 6) is 0.502. The second kappa shape index (κ2) is 12.8. The second-order valence-electron chi connectivity index (χ2n) is 7.07. The highest BCUT2D eigenvalue weighted by Gasteiger charge is 2.18. The zero-order valence-electron chi connectivity index (χ0n) is 18.6. The van der Waals surface area contributed by atoms with Crippen molar-refractivity contribution in [2.75, 3.05) is 65.9 Å². The molecule has 0 aliphatic carbocycles. The van der Waals surface area contributed by atoms with Gasteiger partial charge in [0.25, 0.3) is 5.91 Å². The zero-order chi connectivity index (χ0) is 21.8. The van der Waals surface area contributed by atoms with Gasteiger partial charge in [-0.1, -0.05) is 18.7 Å². The number of likely N-dealkylation sites (N-methyl/N-ethyl adjacent to an activating group) is 3. The van der Waals surface area contributed by atoms with E-state index in [-0.39, 0.29) is 6.03 Å². The molecule has 3 amide bonds. The van der Waals surface area contributed by atoms with E-state index in [1.165, 1.54) is 7.05 Å². The van der Waals surface area contributed by atoms with Crippen LogP contribution in [0.25, 0.3) is 0 Å². The fraction of sp³-hybridized carbons (Fsp3) is 0.545. The van der Waals surface area contributed by atoms with Gasteiger partial charge in [-0.3, -0.25) is 9.69 Å². The third kappa shape index (κ3) is 7.77. The molecule has 0 spiro atoms. The number of hydrogen-bond acceptors (Lipinski definition) is 5. The van der Waals surface area contributed by atoms with Crippen molar-refractivity contribution in [2.45, 2.75) is 19.8 Å². The minimum Gasteiger partial charge on any atom is -0.495 e. The first-order chi connectivity index (χ1) is 13.8. The molecule has 1 aromatic carbocycles. The first-order valence-electron chi connectivity index (χ1n) is 10.1. The topological polar surface area (TPSA) is 56.3 Å². The molecule has 0 N–H and O–H groups in total. The summed E-state index contributed by atoms with van der Waals surface area (Å²) < 4.78 is 5.48. The lowest BCUT2D eigenvalue weighted by Crippen LogP contribution is -2.42. The molecule has 0 fully saturated rings. The number of carbonyl (C=O) groups excluding carboxylic acids is 2. The molecule has 7 heteroatoms. The molecule has 0 atom stereocenters. The molecule has 0 aromatic heterocycles. The zero-order valence-corrected chi connectivity index (χ0v) is 18.6. The van der Waals surface area contributed by atoms with Crippen LogP contribution in [-0.4, -0.2) is 87.6 Å². The first kappa shape index (κ1) is 24.5. The van der Waals surface area contributed by atoms with E-state index in [4.69, 9.17) is 4.74 Å². The minimum absolute atomic E-state index is 0.307. The van der Waals surface area contributed by atoms with Crippen molar-refractivity contribution < 1.29 is 14.3 Å². The summed E-state index contributed by atoms with van der Waals surface area (Å²) in [6.45, 7) is 9.89. The molecule has 0 saturated heterocycles. The van der Waals surface area contributed by atoms with Crippen LogP contribution in [0.15, 0.2) is 36.9 Å². The van der Waals surface area contributed by atoms with Crippen molar-refractivity contribution in [3.05, 3.63) is 36.9 Å². The van der Waals surface area contributed by atoms with E-state index < -0.39 is 5.91 Å². The number of nitrogens with zero attached hydrogens (tertiary/aromatic N) is 4. The summed E-state index contributed by atoms with van der Waals surface area (Å²) in [6, 6.07) is 7.78. The molecule has 29 heavy (non-hydrogen) atoms. The van der Waals surface area contributed by atoms with Crippen LogP contribution >= 0.6 is 0 Å². The number of carbonyl (C=O) groups is 2. The third-order valence-corrected chi connectivity index (χ3v) is 4.96. The fourth-order valence-electron chi connectivity index (χ4n) is 3.06. The van der Waals surface area contributed by atoms with Crippen LogP contribution in [-0.2, 0) is 4.79 Å². The molecule has 162 valence electrons. The van der Waals surface area contributed by atoms with Gasteiger partial charge >= 0.3 is 6.03 Å². The Labute approximate surface area is 175 Å². The maximum atomic E-state index is 12.1. The van der Waals surface area contributed by atoms with Crippen LogP contribution in [0.4, 0.5) is 10.5 Å². The molecule has 0 aliphatic heterocycles. The standard InChI is InChI=1S/C22H36N4O3/c1-7-21(27)25(5)22(28)24(4)16-12-11-15-23(3)17-18-26(8-2)19-13-9-10-14-20(19)29-6/h7,9-10,13-14H,1,8,11-12,15-18H2,2-6H3. The maximum absolute atomic E-state index is 12.1. The average Bonchev–Trinajstić information content (AvgIpc) is 2.75. The highest BCUT2D eigenvalue weighted by Crippen LogP contribution is 2.27. The smallest absolute Gasteiger partial charge is 0.326 e. The van der Waals surface area contributed by atoms with Crippen LogP contribution in [0, 0.1) is 0 Å². The van der Waals surface area contributed by atoms with Crippen molar-refractivity contribution in [3.63, 3.8) is 0 Å². The lowest BCUT2D eigenvalue weighted by atomic mass is 10.2. The number of benzene rings is 1. The molecular weight excluding hydrogens is 368 g/mol. The van der Waals surface area contributed by atoms with Crippen molar-refractivity contribution in [2.24, 2.45) is 0 Å². The van der Waals surface area contributed by atoms with Crippen LogP contribution < -0.4 is 9.64 Å². The van der Waals surface area contributed by atoms with Gasteiger partial charge < -0.3 is 19.4 Å². The van der Waals surface area contributed by atoms with Gasteiger partial charge in [-0.25, -0.2) is 4.79 Å². The summed E-state index contributed by atoms with van der Waals surface area (Å²) in [6.07, 6.45) is 3.01. The minimum atomic E-state index is -0.392. The predicted molar refractivity (Wildman–Crippen MR) is 119 cm³/mol. The average molecular weight is 405 g/mol. The Kier molecular flexibility index (Phi) is 10.8. The largest absolute Gasteiger partial charge is 0.495 e. The fourth-order valence-corrected chi connectivity index (χ4v) is 3.06. The highest BCUT2D eigenvalue weighted by molar-refractivity contribution is 5.99. The SMILES string of the molecule is C=CC(=O)N(C)C(=O)N(C)CCCCN(C)CCN(CC)c1ccccc1OC.